The number of Topliss-reactive ketones (excluding diaryl/α,β-unsaturated/α-hetero) is 1. The maximum absolute atomic E-state index is 13.7. The van der Waals surface area contributed by atoms with Gasteiger partial charge < -0.3 is 24.5 Å². The molecule has 1 aliphatic rings. The highest BCUT2D eigenvalue weighted by molar-refractivity contribution is 9.10. The Morgan fingerprint density at radius 2 is 1.98 bits per heavy atom. The average Bonchev–Trinajstić information content (AvgIpc) is 2.99. The first-order valence-electron chi connectivity index (χ1n) is 14.4. The molecule has 1 heterocycles. The third-order valence-electron chi connectivity index (χ3n) is 7.30. The SMILES string of the molecule is CCCc1c(OCC/C=C\C=C\[C@@H](c2c(C(=O)O)oc3c(c2=O)=CCC(=S)C=3)[C@@H](O)c2cccc(Br)c2)ccc(C(C)=O)c1O. The van der Waals surface area contributed by atoms with E-state index in [1.807, 2.05) is 13.0 Å². The summed E-state index contributed by atoms with van der Waals surface area (Å²) in [7, 11) is 0. The van der Waals surface area contributed by atoms with E-state index in [1.165, 1.54) is 13.0 Å². The monoisotopic (exact) mass is 692 g/mol. The van der Waals surface area contributed by atoms with E-state index in [1.54, 1.807) is 60.7 Å². The molecule has 1 aliphatic carbocycles. The van der Waals surface area contributed by atoms with E-state index in [2.05, 4.69) is 15.9 Å². The number of aromatic carboxylic acids is 1. The van der Waals surface area contributed by atoms with Crippen LogP contribution in [0.2, 0.25) is 0 Å². The van der Waals surface area contributed by atoms with Crippen LogP contribution in [0.3, 0.4) is 0 Å². The summed E-state index contributed by atoms with van der Waals surface area (Å²) in [5, 5.41) is 32.3. The number of benzene rings is 2. The second kappa shape index (κ2) is 15.2. The number of halogens is 1. The lowest BCUT2D eigenvalue weighted by Gasteiger charge is -2.21. The molecule has 3 aromatic rings. The number of phenolic OH excluding ortho intramolecular Hbond substituents is 1. The van der Waals surface area contributed by atoms with E-state index in [0.717, 1.165) is 6.42 Å². The van der Waals surface area contributed by atoms with E-state index < -0.39 is 29.2 Å². The van der Waals surface area contributed by atoms with Crippen LogP contribution in [0.5, 0.6) is 11.5 Å². The van der Waals surface area contributed by atoms with E-state index in [9.17, 15) is 29.7 Å². The molecule has 0 bridgehead atoms. The normalized spacial score (nSPS) is 14.1. The molecule has 4 rings (SSSR count). The molecule has 2 atom stereocenters. The molecule has 0 saturated carbocycles. The van der Waals surface area contributed by atoms with E-state index in [4.69, 9.17) is 21.4 Å². The first kappa shape index (κ1) is 33.8. The second-order valence-corrected chi connectivity index (χ2v) is 11.9. The number of phenols is 1. The number of ether oxygens (including phenoxy) is 1. The van der Waals surface area contributed by atoms with Crippen molar-refractivity contribution in [2.75, 3.05) is 6.61 Å². The number of carboxylic acid groups (broad SMARTS) is 1. The minimum Gasteiger partial charge on any atom is -0.507 e. The number of allylic oxidation sites excluding steroid dienone is 2. The topological polar surface area (TPSA) is 134 Å². The van der Waals surface area contributed by atoms with Crippen LogP contribution < -0.4 is 20.8 Å². The molecule has 0 aliphatic heterocycles. The van der Waals surface area contributed by atoms with E-state index in [0.29, 0.717) is 45.5 Å². The number of aliphatic hydroxyl groups excluding tert-OH is 1. The van der Waals surface area contributed by atoms with Gasteiger partial charge in [0.2, 0.25) is 5.76 Å². The minimum atomic E-state index is -1.44. The highest BCUT2D eigenvalue weighted by atomic mass is 79.9. The number of aliphatic hydroxyl groups is 1. The highest BCUT2D eigenvalue weighted by Gasteiger charge is 2.31. The molecule has 3 N–H and O–H groups in total. The molecular formula is C35H33BrO8S. The lowest BCUT2D eigenvalue weighted by molar-refractivity contribution is 0.0650. The number of carboxylic acids is 1. The summed E-state index contributed by atoms with van der Waals surface area (Å²) in [5.74, 6) is -2.83. The van der Waals surface area contributed by atoms with Gasteiger partial charge >= 0.3 is 5.97 Å². The standard InChI is InChI=1S/C35H33BrO8S/c1-3-9-25-28(16-15-24(20(2)37)32(25)39)43-17-7-5-4-6-12-27(31(38)21-10-8-11-22(36)18-21)30-33(40)26-14-13-23(45)19-29(26)44-34(30)35(41)42/h4-6,8,10-12,14-16,18-19,27,31,38-39H,3,7,9,13,17H2,1-2H3,(H,41,42)/b5-4-,12-6+/t27-,31-/m0/s1. The minimum absolute atomic E-state index is 0.0547. The smallest absolute Gasteiger partial charge is 0.372 e. The van der Waals surface area contributed by atoms with Crippen LogP contribution in [0, 0.1) is 0 Å². The number of rotatable bonds is 13. The molecule has 0 radical (unpaired) electrons. The maximum Gasteiger partial charge on any atom is 0.372 e. The Labute approximate surface area is 273 Å². The quantitative estimate of drug-likeness (QED) is 0.0893. The summed E-state index contributed by atoms with van der Waals surface area (Å²) in [6.07, 6.45) is 10.7. The molecule has 2 aromatic carbocycles. The molecule has 1 aromatic heterocycles. The van der Waals surface area contributed by atoms with Gasteiger partial charge in [-0.1, -0.05) is 84.0 Å². The third kappa shape index (κ3) is 7.94. The van der Waals surface area contributed by atoms with Gasteiger partial charge in [0.15, 0.2) is 11.2 Å². The molecule has 10 heteroatoms. The summed E-state index contributed by atoms with van der Waals surface area (Å²) >= 11 is 8.61. The maximum atomic E-state index is 13.7. The Balaban J connectivity index is 1.61. The number of carbonyl (C=O) groups is 2. The van der Waals surface area contributed by atoms with Crippen molar-refractivity contribution in [3.63, 3.8) is 0 Å². The Morgan fingerprint density at radius 3 is 2.67 bits per heavy atom. The van der Waals surface area contributed by atoms with E-state index in [-0.39, 0.29) is 39.9 Å². The van der Waals surface area contributed by atoms with Crippen molar-refractivity contribution in [2.45, 2.75) is 51.6 Å². The van der Waals surface area contributed by atoms with Gasteiger partial charge in [-0.3, -0.25) is 9.59 Å². The van der Waals surface area contributed by atoms with Gasteiger partial charge in [-0.15, -0.1) is 0 Å². The molecule has 234 valence electrons. The van der Waals surface area contributed by atoms with Crippen LogP contribution >= 0.6 is 28.1 Å². The van der Waals surface area contributed by atoms with Gasteiger partial charge in [0.05, 0.1) is 29.1 Å². The molecule has 0 saturated heterocycles. The van der Waals surface area contributed by atoms with Crippen LogP contribution in [0.1, 0.15) is 82.7 Å². The highest BCUT2D eigenvalue weighted by Crippen LogP contribution is 2.34. The second-order valence-electron chi connectivity index (χ2n) is 10.5. The summed E-state index contributed by atoms with van der Waals surface area (Å²) in [6, 6.07) is 10.2. The van der Waals surface area contributed by atoms with Gasteiger partial charge in [-0.2, -0.15) is 0 Å². The van der Waals surface area contributed by atoms with Gasteiger partial charge in [0.1, 0.15) is 16.9 Å². The lowest BCUT2D eigenvalue weighted by atomic mass is 9.87. The first-order valence-corrected chi connectivity index (χ1v) is 15.6. The van der Waals surface area contributed by atoms with Crippen LogP contribution in [0.4, 0.5) is 0 Å². The third-order valence-corrected chi connectivity index (χ3v) is 8.07. The summed E-state index contributed by atoms with van der Waals surface area (Å²) in [4.78, 5) is 38.3. The van der Waals surface area contributed by atoms with Gasteiger partial charge in [0.25, 0.3) is 0 Å². The zero-order chi connectivity index (χ0) is 32.7. The lowest BCUT2D eigenvalue weighted by Crippen LogP contribution is -2.45. The van der Waals surface area contributed by atoms with Crippen molar-refractivity contribution in [1.29, 1.82) is 0 Å². The van der Waals surface area contributed by atoms with Crippen molar-refractivity contribution in [3.05, 3.63) is 114 Å². The van der Waals surface area contributed by atoms with E-state index >= 15 is 0 Å². The molecule has 0 spiro atoms. The molecule has 0 amide bonds. The van der Waals surface area contributed by atoms with Crippen molar-refractivity contribution >= 4 is 56.9 Å². The fourth-order valence-electron chi connectivity index (χ4n) is 5.13. The number of aromatic hydroxyl groups is 1. The number of carbonyl (C=O) groups excluding carboxylic acids is 1. The van der Waals surface area contributed by atoms with Crippen molar-refractivity contribution < 1.29 is 34.1 Å². The zero-order valence-corrected chi connectivity index (χ0v) is 27.2. The summed E-state index contributed by atoms with van der Waals surface area (Å²) in [5.41, 5.74) is 0.695. The molecule has 8 nitrogen and oxygen atoms in total. The number of hydrogen-bond acceptors (Lipinski definition) is 8. The van der Waals surface area contributed by atoms with Crippen molar-refractivity contribution in [2.24, 2.45) is 0 Å². The number of thiocarbonyl (C=S) groups is 1. The average molecular weight is 694 g/mol. The van der Waals surface area contributed by atoms with Gasteiger partial charge in [-0.05, 0) is 55.7 Å². The van der Waals surface area contributed by atoms with Crippen LogP contribution in [0.25, 0.3) is 12.2 Å². The Morgan fingerprint density at radius 1 is 1.20 bits per heavy atom. The molecular weight excluding hydrogens is 660 g/mol. The van der Waals surface area contributed by atoms with Crippen LogP contribution in [-0.4, -0.2) is 38.5 Å². The predicted molar refractivity (Wildman–Crippen MR) is 180 cm³/mol. The first-order chi connectivity index (χ1) is 21.5. The number of ketones is 1. The Hall–Kier alpha value is -4.12. The molecule has 0 unspecified atom stereocenters. The van der Waals surface area contributed by atoms with Crippen molar-refractivity contribution in [3.8, 4) is 11.5 Å². The van der Waals surface area contributed by atoms with Gasteiger partial charge in [-0.25, -0.2) is 4.79 Å². The number of hydrogen-bond donors (Lipinski definition) is 3. The fraction of sp³-hybridized carbons (Fsp3) is 0.257. The largest absolute Gasteiger partial charge is 0.507 e. The summed E-state index contributed by atoms with van der Waals surface area (Å²) in [6.45, 7) is 3.66. The van der Waals surface area contributed by atoms with Gasteiger partial charge in [0, 0.05) is 27.2 Å². The van der Waals surface area contributed by atoms with Crippen molar-refractivity contribution in [1.82, 2.24) is 0 Å². The van der Waals surface area contributed by atoms with Crippen LogP contribution in [0.15, 0.2) is 74.4 Å². The Kier molecular flexibility index (Phi) is 11.4. The Bertz CT molecular complexity index is 1870. The fourth-order valence-corrected chi connectivity index (χ4v) is 5.74. The van der Waals surface area contributed by atoms with Crippen LogP contribution in [-0.2, 0) is 6.42 Å². The molecule has 45 heavy (non-hydrogen) atoms. The number of fused-ring (bicyclic) bond motifs is 1. The summed E-state index contributed by atoms with van der Waals surface area (Å²) < 4.78 is 12.3. The predicted octanol–water partition coefficient (Wildman–Crippen LogP) is 5.69. The zero-order valence-electron chi connectivity index (χ0n) is 24.8. The molecule has 0 fully saturated rings.